The average molecular weight is 308 g/mol. The summed E-state index contributed by atoms with van der Waals surface area (Å²) >= 11 is 0. The maximum Gasteiger partial charge on any atom is 0.261 e. The van der Waals surface area contributed by atoms with Crippen LogP contribution in [0.15, 0.2) is 41.6 Å². The normalized spacial score (nSPS) is 11.2. The summed E-state index contributed by atoms with van der Waals surface area (Å²) in [6.45, 7) is 1.46. The summed E-state index contributed by atoms with van der Waals surface area (Å²) in [5, 5.41) is 9.27. The molecule has 2 N–H and O–H groups in total. The quantitative estimate of drug-likeness (QED) is 0.877. The van der Waals surface area contributed by atoms with Crippen molar-refractivity contribution in [1.82, 2.24) is 4.98 Å². The van der Waals surface area contributed by atoms with Gasteiger partial charge in [0.25, 0.3) is 10.0 Å². The molecule has 0 amide bonds. The van der Waals surface area contributed by atoms with E-state index < -0.39 is 10.0 Å². The zero-order valence-corrected chi connectivity index (χ0v) is 12.5. The molecular formula is C14H16N2O4S. The van der Waals surface area contributed by atoms with Gasteiger partial charge in [-0.05, 0) is 36.8 Å². The molecule has 0 saturated carbocycles. The van der Waals surface area contributed by atoms with Crippen LogP contribution in [0.4, 0.5) is 5.69 Å². The fourth-order valence-electron chi connectivity index (χ4n) is 1.84. The number of rotatable bonds is 5. The van der Waals surface area contributed by atoms with Crippen molar-refractivity contribution in [3.05, 3.63) is 47.8 Å². The Labute approximate surface area is 123 Å². The number of hydrogen-bond acceptors (Lipinski definition) is 5. The standard InChI is InChI=1S/C14H16N2O4S/c1-10-8-15-6-5-13(10)16-21(18,19)12-3-4-14(20-2)11(7-12)9-17/h3-8,17H,9H2,1-2H3,(H,15,16). The molecule has 2 aromatic rings. The van der Waals surface area contributed by atoms with Gasteiger partial charge in [-0.15, -0.1) is 0 Å². The summed E-state index contributed by atoms with van der Waals surface area (Å²) in [6.07, 6.45) is 3.09. The van der Waals surface area contributed by atoms with Crippen molar-refractivity contribution in [3.63, 3.8) is 0 Å². The Hall–Kier alpha value is -2.12. The molecule has 0 unspecified atom stereocenters. The zero-order chi connectivity index (χ0) is 15.5. The number of sulfonamides is 1. The lowest BCUT2D eigenvalue weighted by Gasteiger charge is -2.12. The minimum absolute atomic E-state index is 0.0589. The van der Waals surface area contributed by atoms with Gasteiger partial charge >= 0.3 is 0 Å². The number of aliphatic hydroxyl groups excluding tert-OH is 1. The van der Waals surface area contributed by atoms with E-state index in [2.05, 4.69) is 9.71 Å². The fourth-order valence-corrected chi connectivity index (χ4v) is 3.02. The predicted octanol–water partition coefficient (Wildman–Crippen LogP) is 1.69. The first-order chi connectivity index (χ1) is 9.97. The highest BCUT2D eigenvalue weighted by Gasteiger charge is 2.17. The number of ether oxygens (including phenoxy) is 1. The summed E-state index contributed by atoms with van der Waals surface area (Å²) in [6, 6.07) is 5.91. The topological polar surface area (TPSA) is 88.5 Å². The van der Waals surface area contributed by atoms with E-state index >= 15 is 0 Å². The first-order valence-electron chi connectivity index (χ1n) is 6.19. The van der Waals surface area contributed by atoms with Crippen molar-refractivity contribution in [2.75, 3.05) is 11.8 Å². The van der Waals surface area contributed by atoms with Crippen LogP contribution in [0.5, 0.6) is 5.75 Å². The number of aromatic nitrogens is 1. The number of hydrogen-bond donors (Lipinski definition) is 2. The average Bonchev–Trinajstić information content (AvgIpc) is 2.48. The summed E-state index contributed by atoms with van der Waals surface area (Å²) in [5.41, 5.74) is 1.59. The van der Waals surface area contributed by atoms with Crippen molar-refractivity contribution in [1.29, 1.82) is 0 Å². The highest BCUT2D eigenvalue weighted by atomic mass is 32.2. The number of pyridine rings is 1. The number of nitrogens with zero attached hydrogens (tertiary/aromatic N) is 1. The van der Waals surface area contributed by atoms with Crippen molar-refractivity contribution in [2.24, 2.45) is 0 Å². The monoisotopic (exact) mass is 308 g/mol. The van der Waals surface area contributed by atoms with Crippen molar-refractivity contribution in [3.8, 4) is 5.75 Å². The molecule has 0 aliphatic rings. The van der Waals surface area contributed by atoms with Crippen LogP contribution in [0.25, 0.3) is 0 Å². The Morgan fingerprint density at radius 1 is 1.33 bits per heavy atom. The van der Waals surface area contributed by atoms with Crippen LogP contribution in [0.3, 0.4) is 0 Å². The lowest BCUT2D eigenvalue weighted by Crippen LogP contribution is -2.14. The molecule has 21 heavy (non-hydrogen) atoms. The number of benzene rings is 1. The number of aliphatic hydroxyl groups is 1. The molecule has 0 atom stereocenters. The van der Waals surface area contributed by atoms with E-state index in [4.69, 9.17) is 4.74 Å². The van der Waals surface area contributed by atoms with Gasteiger partial charge in [0.1, 0.15) is 5.75 Å². The molecule has 0 fully saturated rings. The summed E-state index contributed by atoms with van der Waals surface area (Å²) in [4.78, 5) is 3.97. The summed E-state index contributed by atoms with van der Waals surface area (Å²) < 4.78 is 32.3. The molecule has 0 saturated heterocycles. The minimum Gasteiger partial charge on any atom is -0.496 e. The van der Waals surface area contributed by atoms with Crippen LogP contribution < -0.4 is 9.46 Å². The van der Waals surface area contributed by atoms with Crippen LogP contribution in [0.1, 0.15) is 11.1 Å². The van der Waals surface area contributed by atoms with E-state index in [0.717, 1.165) is 5.56 Å². The molecule has 7 heteroatoms. The van der Waals surface area contributed by atoms with E-state index in [1.807, 2.05) is 0 Å². The van der Waals surface area contributed by atoms with Crippen molar-refractivity contribution >= 4 is 15.7 Å². The van der Waals surface area contributed by atoms with E-state index in [-0.39, 0.29) is 11.5 Å². The van der Waals surface area contributed by atoms with Gasteiger partial charge in [0.15, 0.2) is 0 Å². The van der Waals surface area contributed by atoms with E-state index in [9.17, 15) is 13.5 Å². The van der Waals surface area contributed by atoms with Crippen molar-refractivity contribution in [2.45, 2.75) is 18.4 Å². The molecule has 0 aliphatic heterocycles. The molecule has 1 heterocycles. The third-order valence-electron chi connectivity index (χ3n) is 3.00. The number of aryl methyl sites for hydroxylation is 1. The van der Waals surface area contributed by atoms with Gasteiger partial charge < -0.3 is 9.84 Å². The first-order valence-corrected chi connectivity index (χ1v) is 7.67. The Morgan fingerprint density at radius 2 is 2.10 bits per heavy atom. The molecule has 0 radical (unpaired) electrons. The van der Waals surface area contributed by atoms with Gasteiger partial charge in [-0.1, -0.05) is 0 Å². The number of methoxy groups -OCH3 is 1. The molecule has 0 spiro atoms. The van der Waals surface area contributed by atoms with Gasteiger partial charge in [-0.3, -0.25) is 9.71 Å². The van der Waals surface area contributed by atoms with Gasteiger partial charge in [-0.2, -0.15) is 0 Å². The van der Waals surface area contributed by atoms with Gasteiger partial charge in [0.2, 0.25) is 0 Å². The maximum atomic E-state index is 12.4. The Bertz CT molecular complexity index is 744. The summed E-state index contributed by atoms with van der Waals surface area (Å²) in [5.74, 6) is 0.441. The van der Waals surface area contributed by atoms with Crippen LogP contribution in [-0.4, -0.2) is 25.6 Å². The highest BCUT2D eigenvalue weighted by Crippen LogP contribution is 2.24. The van der Waals surface area contributed by atoms with E-state index in [1.165, 1.54) is 31.5 Å². The number of nitrogens with one attached hydrogen (secondary N) is 1. The lowest BCUT2D eigenvalue weighted by molar-refractivity contribution is 0.273. The minimum atomic E-state index is -3.74. The van der Waals surface area contributed by atoms with Gasteiger partial charge in [0, 0.05) is 18.0 Å². The van der Waals surface area contributed by atoms with Gasteiger partial charge in [0.05, 0.1) is 24.3 Å². The van der Waals surface area contributed by atoms with E-state index in [0.29, 0.717) is 17.0 Å². The Kier molecular flexibility index (Phi) is 4.44. The molecule has 0 bridgehead atoms. The Morgan fingerprint density at radius 3 is 2.71 bits per heavy atom. The lowest BCUT2D eigenvalue weighted by atomic mass is 10.2. The smallest absolute Gasteiger partial charge is 0.261 e. The molecule has 1 aromatic heterocycles. The molecule has 6 nitrogen and oxygen atoms in total. The molecular weight excluding hydrogens is 292 g/mol. The maximum absolute atomic E-state index is 12.4. The molecule has 1 aromatic carbocycles. The summed E-state index contributed by atoms with van der Waals surface area (Å²) in [7, 11) is -2.28. The van der Waals surface area contributed by atoms with Crippen LogP contribution in [0, 0.1) is 6.92 Å². The third kappa shape index (κ3) is 3.32. The first kappa shape index (κ1) is 15.3. The highest BCUT2D eigenvalue weighted by molar-refractivity contribution is 7.92. The molecule has 0 aliphatic carbocycles. The zero-order valence-electron chi connectivity index (χ0n) is 11.7. The SMILES string of the molecule is COc1ccc(S(=O)(=O)Nc2ccncc2C)cc1CO. The molecule has 2 rings (SSSR count). The second-order valence-electron chi connectivity index (χ2n) is 4.43. The van der Waals surface area contributed by atoms with Gasteiger partial charge in [-0.25, -0.2) is 8.42 Å². The number of anilines is 1. The second-order valence-corrected chi connectivity index (χ2v) is 6.11. The predicted molar refractivity (Wildman–Crippen MR) is 78.7 cm³/mol. The third-order valence-corrected chi connectivity index (χ3v) is 4.36. The molecule has 112 valence electrons. The van der Waals surface area contributed by atoms with E-state index in [1.54, 1.807) is 19.2 Å². The van der Waals surface area contributed by atoms with Crippen LogP contribution in [-0.2, 0) is 16.6 Å². The Balaban J connectivity index is 2.38. The van der Waals surface area contributed by atoms with Crippen molar-refractivity contribution < 1.29 is 18.3 Å². The largest absolute Gasteiger partial charge is 0.496 e. The van der Waals surface area contributed by atoms with Crippen LogP contribution >= 0.6 is 0 Å². The second kappa shape index (κ2) is 6.11. The van der Waals surface area contributed by atoms with Crippen LogP contribution in [0.2, 0.25) is 0 Å². The fraction of sp³-hybridized carbons (Fsp3) is 0.214.